The first kappa shape index (κ1) is 14.8. The van der Waals surface area contributed by atoms with Crippen LogP contribution in [-0.2, 0) is 11.3 Å². The van der Waals surface area contributed by atoms with Crippen molar-refractivity contribution in [3.63, 3.8) is 0 Å². The molecule has 0 aliphatic heterocycles. The zero-order valence-corrected chi connectivity index (χ0v) is 12.6. The molecule has 2 N–H and O–H groups in total. The molecule has 106 valence electrons. The molecule has 0 aliphatic carbocycles. The van der Waals surface area contributed by atoms with Gasteiger partial charge in [0.15, 0.2) is 5.82 Å². The average Bonchev–Trinajstić information content (AvgIpc) is 2.43. The second-order valence-electron chi connectivity index (χ2n) is 3.99. The van der Waals surface area contributed by atoms with Crippen molar-refractivity contribution >= 4 is 40.5 Å². The molecular weight excluding hydrogens is 299 g/mol. The molecule has 0 saturated carbocycles. The highest BCUT2D eigenvalue weighted by molar-refractivity contribution is 6.42. The number of anilines is 3. The van der Waals surface area contributed by atoms with Gasteiger partial charge in [-0.25, -0.2) is 9.97 Å². The molecule has 5 nitrogen and oxygen atoms in total. The van der Waals surface area contributed by atoms with Gasteiger partial charge >= 0.3 is 0 Å². The predicted octanol–water partition coefficient (Wildman–Crippen LogP) is 3.72. The molecule has 0 amide bonds. The van der Waals surface area contributed by atoms with Crippen LogP contribution in [0.25, 0.3) is 0 Å². The zero-order valence-electron chi connectivity index (χ0n) is 11.1. The summed E-state index contributed by atoms with van der Waals surface area (Å²) in [5.41, 5.74) is 0.795. The minimum absolute atomic E-state index is 0.339. The quantitative estimate of drug-likeness (QED) is 0.881. The first-order valence-corrected chi connectivity index (χ1v) is 6.64. The third kappa shape index (κ3) is 3.72. The van der Waals surface area contributed by atoms with Crippen molar-refractivity contribution in [2.75, 3.05) is 24.8 Å². The molecule has 0 spiro atoms. The first-order valence-electron chi connectivity index (χ1n) is 5.89. The summed E-state index contributed by atoms with van der Waals surface area (Å²) in [6.07, 6.45) is 0. The van der Waals surface area contributed by atoms with Gasteiger partial charge in [-0.3, -0.25) is 0 Å². The average molecular weight is 313 g/mol. The lowest BCUT2D eigenvalue weighted by molar-refractivity contribution is 0.178. The topological polar surface area (TPSA) is 59.1 Å². The Bertz CT molecular complexity index is 607. The molecule has 0 radical (unpaired) electrons. The Hall–Kier alpha value is -1.56. The van der Waals surface area contributed by atoms with E-state index in [-0.39, 0.29) is 0 Å². The fourth-order valence-electron chi connectivity index (χ4n) is 1.60. The van der Waals surface area contributed by atoms with Crippen molar-refractivity contribution in [1.82, 2.24) is 9.97 Å². The molecular formula is C13H14Cl2N4O. The number of nitrogens with zero attached hydrogens (tertiary/aromatic N) is 2. The van der Waals surface area contributed by atoms with Gasteiger partial charge < -0.3 is 15.4 Å². The Morgan fingerprint density at radius 1 is 1.10 bits per heavy atom. The summed E-state index contributed by atoms with van der Waals surface area (Å²) in [6, 6.07) is 7.08. The van der Waals surface area contributed by atoms with Gasteiger partial charge in [-0.05, 0) is 18.2 Å². The van der Waals surface area contributed by atoms with Crippen molar-refractivity contribution in [2.45, 2.75) is 6.61 Å². The van der Waals surface area contributed by atoms with Crippen molar-refractivity contribution in [2.24, 2.45) is 0 Å². The molecule has 1 heterocycles. The summed E-state index contributed by atoms with van der Waals surface area (Å²) in [4.78, 5) is 8.64. The van der Waals surface area contributed by atoms with E-state index in [1.165, 1.54) is 0 Å². The highest BCUT2D eigenvalue weighted by Gasteiger charge is 2.05. The smallest absolute Gasteiger partial charge is 0.158 e. The molecule has 2 rings (SSSR count). The summed E-state index contributed by atoms with van der Waals surface area (Å²) in [5.74, 6) is 1.94. The number of hydrogen-bond donors (Lipinski definition) is 2. The summed E-state index contributed by atoms with van der Waals surface area (Å²) in [7, 11) is 3.39. The van der Waals surface area contributed by atoms with E-state index in [1.54, 1.807) is 32.4 Å². The van der Waals surface area contributed by atoms with Crippen LogP contribution in [0.1, 0.15) is 5.82 Å². The Morgan fingerprint density at radius 3 is 2.50 bits per heavy atom. The first-order chi connectivity index (χ1) is 9.62. The van der Waals surface area contributed by atoms with E-state index < -0.39 is 0 Å². The van der Waals surface area contributed by atoms with Crippen molar-refractivity contribution in [3.05, 3.63) is 40.1 Å². The molecule has 2 aromatic rings. The molecule has 1 aromatic heterocycles. The minimum Gasteiger partial charge on any atom is -0.377 e. The number of benzene rings is 1. The van der Waals surface area contributed by atoms with E-state index in [1.807, 2.05) is 6.07 Å². The SMILES string of the molecule is CNc1cc(Nc2ccc(Cl)c(Cl)c2)nc(COC)n1. The van der Waals surface area contributed by atoms with E-state index in [4.69, 9.17) is 27.9 Å². The number of aromatic nitrogens is 2. The van der Waals surface area contributed by atoms with Crippen LogP contribution >= 0.6 is 23.2 Å². The maximum atomic E-state index is 5.98. The number of rotatable bonds is 5. The summed E-state index contributed by atoms with van der Waals surface area (Å²) >= 11 is 11.9. The van der Waals surface area contributed by atoms with Gasteiger partial charge in [0, 0.05) is 25.9 Å². The van der Waals surface area contributed by atoms with Gasteiger partial charge in [0.05, 0.1) is 10.0 Å². The largest absolute Gasteiger partial charge is 0.377 e. The molecule has 7 heteroatoms. The Morgan fingerprint density at radius 2 is 1.85 bits per heavy atom. The normalized spacial score (nSPS) is 10.4. The van der Waals surface area contributed by atoms with E-state index in [0.29, 0.717) is 34.1 Å². The van der Waals surface area contributed by atoms with Crippen LogP contribution in [0.5, 0.6) is 0 Å². The van der Waals surface area contributed by atoms with Crippen molar-refractivity contribution in [1.29, 1.82) is 0 Å². The van der Waals surface area contributed by atoms with E-state index in [0.717, 1.165) is 5.69 Å². The summed E-state index contributed by atoms with van der Waals surface area (Å²) in [6.45, 7) is 0.339. The number of methoxy groups -OCH3 is 1. The van der Waals surface area contributed by atoms with Crippen LogP contribution in [0.15, 0.2) is 24.3 Å². The molecule has 0 saturated heterocycles. The Kier molecular flexibility index (Phi) is 5.00. The molecule has 0 fully saturated rings. The summed E-state index contributed by atoms with van der Waals surface area (Å²) < 4.78 is 5.05. The number of nitrogens with one attached hydrogen (secondary N) is 2. The van der Waals surface area contributed by atoms with E-state index in [9.17, 15) is 0 Å². The molecule has 0 bridgehead atoms. The van der Waals surface area contributed by atoms with Crippen LogP contribution < -0.4 is 10.6 Å². The van der Waals surface area contributed by atoms with E-state index in [2.05, 4.69) is 20.6 Å². The lowest BCUT2D eigenvalue weighted by atomic mass is 10.3. The monoisotopic (exact) mass is 312 g/mol. The van der Waals surface area contributed by atoms with Crippen LogP contribution in [0.3, 0.4) is 0 Å². The maximum absolute atomic E-state index is 5.98. The highest BCUT2D eigenvalue weighted by atomic mass is 35.5. The second-order valence-corrected chi connectivity index (χ2v) is 4.81. The van der Waals surface area contributed by atoms with Crippen LogP contribution in [0.2, 0.25) is 10.0 Å². The molecule has 20 heavy (non-hydrogen) atoms. The maximum Gasteiger partial charge on any atom is 0.158 e. The molecule has 0 unspecified atom stereocenters. The van der Waals surface area contributed by atoms with Crippen molar-refractivity contribution in [3.8, 4) is 0 Å². The molecule has 1 aromatic carbocycles. The number of hydrogen-bond acceptors (Lipinski definition) is 5. The van der Waals surface area contributed by atoms with Crippen molar-refractivity contribution < 1.29 is 4.74 Å². The van der Waals surface area contributed by atoms with Gasteiger partial charge in [-0.15, -0.1) is 0 Å². The zero-order chi connectivity index (χ0) is 14.5. The third-order valence-corrected chi connectivity index (χ3v) is 3.23. The van der Waals surface area contributed by atoms with Gasteiger partial charge in [0.2, 0.25) is 0 Å². The van der Waals surface area contributed by atoms with Gasteiger partial charge in [-0.2, -0.15) is 0 Å². The fourth-order valence-corrected chi connectivity index (χ4v) is 1.90. The number of ether oxygens (including phenoxy) is 1. The Labute approximate surface area is 127 Å². The number of halogens is 2. The fraction of sp³-hybridized carbons (Fsp3) is 0.231. The van der Waals surface area contributed by atoms with E-state index >= 15 is 0 Å². The lowest BCUT2D eigenvalue weighted by Gasteiger charge is -2.10. The Balaban J connectivity index is 2.27. The predicted molar refractivity (Wildman–Crippen MR) is 82.0 cm³/mol. The summed E-state index contributed by atoms with van der Waals surface area (Å²) in [5, 5.41) is 7.13. The van der Waals surface area contributed by atoms with Gasteiger partial charge in [-0.1, -0.05) is 23.2 Å². The lowest BCUT2D eigenvalue weighted by Crippen LogP contribution is -2.04. The standard InChI is InChI=1S/C13H14Cl2N4O/c1-16-11-6-12(19-13(18-11)7-20-2)17-8-3-4-9(14)10(15)5-8/h3-6H,7H2,1-2H3,(H2,16,17,18,19). The van der Waals surface area contributed by atoms with Crippen LogP contribution in [0, 0.1) is 0 Å². The van der Waals surface area contributed by atoms with Crippen LogP contribution in [0.4, 0.5) is 17.3 Å². The molecule has 0 aliphatic rings. The van der Waals surface area contributed by atoms with Crippen LogP contribution in [-0.4, -0.2) is 24.1 Å². The second kappa shape index (κ2) is 6.74. The third-order valence-electron chi connectivity index (χ3n) is 2.49. The minimum atomic E-state index is 0.339. The van der Waals surface area contributed by atoms with Gasteiger partial charge in [0.25, 0.3) is 0 Å². The molecule has 0 atom stereocenters. The highest BCUT2D eigenvalue weighted by Crippen LogP contribution is 2.27. The van der Waals surface area contributed by atoms with Gasteiger partial charge in [0.1, 0.15) is 18.2 Å².